The Morgan fingerprint density at radius 1 is 1.02 bits per heavy atom. The summed E-state index contributed by atoms with van der Waals surface area (Å²) in [6, 6.07) is -3.30. The molecule has 0 spiro atoms. The number of nitrogens with one attached hydrogen (secondary N) is 4. The number of rotatable bonds is 14. The Balaban J connectivity index is 1.49. The first-order chi connectivity index (χ1) is 21.8. The molecule has 0 aromatic heterocycles. The van der Waals surface area contributed by atoms with Gasteiger partial charge < -0.3 is 26.2 Å². The van der Waals surface area contributed by atoms with E-state index in [4.69, 9.17) is 0 Å². The fourth-order valence-electron chi connectivity index (χ4n) is 7.13. The summed E-state index contributed by atoms with van der Waals surface area (Å²) in [6.07, 6.45) is 8.65. The molecule has 2 heterocycles. The number of ketones is 1. The minimum atomic E-state index is -1.06. The van der Waals surface area contributed by atoms with E-state index in [1.165, 1.54) is 6.08 Å². The van der Waals surface area contributed by atoms with Crippen molar-refractivity contribution in [2.24, 2.45) is 23.2 Å². The van der Waals surface area contributed by atoms with Gasteiger partial charge in [-0.2, -0.15) is 0 Å². The van der Waals surface area contributed by atoms with E-state index >= 15 is 0 Å². The first-order valence-corrected chi connectivity index (χ1v) is 18.4. The molecule has 4 N–H and O–H groups in total. The number of fused-ring (bicyclic) bond motifs is 1. The Morgan fingerprint density at radius 2 is 1.74 bits per heavy atom. The molecule has 2 saturated heterocycles. The summed E-state index contributed by atoms with van der Waals surface area (Å²) in [5.74, 6) is -1.45. The van der Waals surface area contributed by atoms with E-state index in [1.807, 2.05) is 32.0 Å². The fourth-order valence-corrected chi connectivity index (χ4v) is 8.41. The van der Waals surface area contributed by atoms with E-state index < -0.39 is 52.7 Å². The lowest BCUT2D eigenvalue weighted by Gasteiger charge is -2.37. The molecule has 46 heavy (non-hydrogen) atoms. The summed E-state index contributed by atoms with van der Waals surface area (Å²) in [7, 11) is -1.06. The van der Waals surface area contributed by atoms with Crippen molar-refractivity contribution in [3.05, 3.63) is 12.7 Å². The second-order valence-electron chi connectivity index (χ2n) is 14.5. The molecule has 0 bridgehead atoms. The van der Waals surface area contributed by atoms with Crippen LogP contribution in [0.5, 0.6) is 0 Å². The van der Waals surface area contributed by atoms with Gasteiger partial charge in [0.15, 0.2) is 0 Å². The van der Waals surface area contributed by atoms with Gasteiger partial charge >= 0.3 is 6.03 Å². The number of hydrogen-bond donors (Lipinski definition) is 4. The summed E-state index contributed by atoms with van der Waals surface area (Å²) in [6.45, 7) is 13.2. The monoisotopic (exact) mass is 662 g/mol. The van der Waals surface area contributed by atoms with Gasteiger partial charge in [0, 0.05) is 38.0 Å². The van der Waals surface area contributed by atoms with Crippen molar-refractivity contribution < 1.29 is 28.2 Å². The van der Waals surface area contributed by atoms with E-state index in [0.29, 0.717) is 31.7 Å². The van der Waals surface area contributed by atoms with Crippen LogP contribution in [0.1, 0.15) is 85.5 Å². The number of amides is 5. The van der Waals surface area contributed by atoms with E-state index in [9.17, 15) is 28.2 Å². The van der Waals surface area contributed by atoms with Crippen LogP contribution in [0.2, 0.25) is 0 Å². The molecule has 2 aliphatic heterocycles. The maximum Gasteiger partial charge on any atom is 0.315 e. The van der Waals surface area contributed by atoms with Gasteiger partial charge in [0.1, 0.15) is 12.1 Å². The molecule has 4 aliphatic rings. The van der Waals surface area contributed by atoms with Crippen LogP contribution in [0.3, 0.4) is 0 Å². The van der Waals surface area contributed by atoms with Gasteiger partial charge in [0.05, 0.1) is 17.0 Å². The molecular weight excluding hydrogens is 608 g/mol. The van der Waals surface area contributed by atoms with Crippen molar-refractivity contribution in [3.8, 4) is 0 Å². The predicted octanol–water partition coefficient (Wildman–Crippen LogP) is 2.02. The molecular formula is C33H54N6O6S. The Bertz CT molecular complexity index is 1180. The lowest BCUT2D eigenvalue weighted by molar-refractivity contribution is -0.144. The number of nitrogens with zero attached hydrogens (tertiary/aromatic N) is 2. The number of carbonyl (C=O) groups excluding carboxylic acids is 5. The van der Waals surface area contributed by atoms with Crippen LogP contribution in [0.4, 0.5) is 4.79 Å². The topological polar surface area (TPSA) is 157 Å². The Hall–Kier alpha value is -2.80. The molecule has 13 heteroatoms. The average molecular weight is 663 g/mol. The molecule has 2 unspecified atom stereocenters. The normalized spacial score (nSPS) is 26.7. The molecule has 258 valence electrons. The molecule has 12 nitrogen and oxygen atoms in total. The van der Waals surface area contributed by atoms with E-state index in [-0.39, 0.29) is 41.7 Å². The number of urea groups is 1. The van der Waals surface area contributed by atoms with Gasteiger partial charge in [0.25, 0.3) is 5.91 Å². The first-order valence-electron chi connectivity index (χ1n) is 17.1. The van der Waals surface area contributed by atoms with Crippen LogP contribution >= 0.6 is 0 Å². The molecule has 5 amide bonds. The number of piperidine rings is 1. The zero-order valence-electron chi connectivity index (χ0n) is 28.0. The summed E-state index contributed by atoms with van der Waals surface area (Å²) in [4.78, 5) is 68.6. The molecule has 0 aromatic rings. The third-order valence-corrected chi connectivity index (χ3v) is 11.5. The van der Waals surface area contributed by atoms with Gasteiger partial charge in [-0.25, -0.2) is 13.3 Å². The number of carbonyl (C=O) groups is 5. The standard InChI is InChI=1S/C33H54N6O6S/c1-6-12-24(28(40)30(42)34-15-7-2)35-29(41)27-23-18-22(23)19-39(27)31(43)26(21-13-9-8-10-14-21)37-32(44)36-25(33(3,4)5)20-38-16-11-17-46(38)45/h7,21-27H,2,6,8-20H2,1,3-5H3,(H,34,42)(H,35,41)(H2,36,37,44)/t22-,23-,24?,25+,26-,27-,46?/m0/s1. The van der Waals surface area contributed by atoms with Gasteiger partial charge in [-0.05, 0) is 55.3 Å². The zero-order chi connectivity index (χ0) is 33.6. The van der Waals surface area contributed by atoms with Crippen LogP contribution in [0.15, 0.2) is 12.7 Å². The average Bonchev–Trinajstić information content (AvgIpc) is 3.49. The van der Waals surface area contributed by atoms with Crippen molar-refractivity contribution in [3.63, 3.8) is 0 Å². The third kappa shape index (κ3) is 8.96. The van der Waals surface area contributed by atoms with Crippen molar-refractivity contribution in [2.45, 2.75) is 110 Å². The number of likely N-dealkylation sites (tertiary alicyclic amines) is 1. The second kappa shape index (κ2) is 15.9. The molecule has 0 radical (unpaired) electrons. The Morgan fingerprint density at radius 3 is 2.35 bits per heavy atom. The van der Waals surface area contributed by atoms with Crippen LogP contribution in [0, 0.1) is 23.2 Å². The molecule has 7 atom stereocenters. The zero-order valence-corrected chi connectivity index (χ0v) is 28.8. The van der Waals surface area contributed by atoms with Crippen molar-refractivity contribution >= 4 is 40.5 Å². The molecule has 2 saturated carbocycles. The summed E-state index contributed by atoms with van der Waals surface area (Å²) in [5, 5.41) is 11.4. The van der Waals surface area contributed by atoms with Gasteiger partial charge in [-0.3, -0.25) is 19.2 Å². The Kier molecular flexibility index (Phi) is 12.4. The first kappa shape index (κ1) is 36.0. The third-order valence-electron chi connectivity index (χ3n) is 9.97. The summed E-state index contributed by atoms with van der Waals surface area (Å²) >= 11 is 0. The second-order valence-corrected chi connectivity index (χ2v) is 16.1. The van der Waals surface area contributed by atoms with Gasteiger partial charge in [-0.15, -0.1) is 6.58 Å². The summed E-state index contributed by atoms with van der Waals surface area (Å²) in [5.41, 5.74) is -0.317. The highest BCUT2D eigenvalue weighted by Gasteiger charge is 2.58. The minimum Gasteiger partial charge on any atom is -0.346 e. The molecule has 0 aromatic carbocycles. The maximum atomic E-state index is 14.4. The quantitative estimate of drug-likeness (QED) is 0.165. The smallest absolute Gasteiger partial charge is 0.315 e. The number of Topliss-reactive ketones (excluding diaryl/α,β-unsaturated/α-hetero) is 1. The van der Waals surface area contributed by atoms with Crippen LogP contribution < -0.4 is 21.3 Å². The highest BCUT2D eigenvalue weighted by molar-refractivity contribution is 7.82. The lowest BCUT2D eigenvalue weighted by atomic mass is 9.83. The SMILES string of the molecule is C=CCNC(=O)C(=O)C(CCC)NC(=O)[C@@H]1[C@H]2C[C@H]2CN1C(=O)[C@@H](NC(=O)N[C@H](CN1CCCS1=O)C(C)(C)C)C1CCCCC1. The van der Waals surface area contributed by atoms with Crippen LogP contribution in [-0.4, -0.2) is 99.0 Å². The highest BCUT2D eigenvalue weighted by Crippen LogP contribution is 2.50. The molecule has 4 rings (SSSR count). The van der Waals surface area contributed by atoms with Crippen LogP contribution in [0.25, 0.3) is 0 Å². The summed E-state index contributed by atoms with van der Waals surface area (Å²) < 4.78 is 14.4. The molecule has 4 fully saturated rings. The minimum absolute atomic E-state index is 0.0108. The van der Waals surface area contributed by atoms with E-state index in [1.54, 1.807) is 4.90 Å². The van der Waals surface area contributed by atoms with Crippen LogP contribution in [-0.2, 0) is 30.2 Å². The highest BCUT2D eigenvalue weighted by atomic mass is 32.2. The van der Waals surface area contributed by atoms with E-state index in [0.717, 1.165) is 51.5 Å². The van der Waals surface area contributed by atoms with Crippen molar-refractivity contribution in [2.75, 3.05) is 31.9 Å². The number of hydrogen-bond acceptors (Lipinski definition) is 6. The lowest BCUT2D eigenvalue weighted by Crippen LogP contribution is -2.61. The largest absolute Gasteiger partial charge is 0.346 e. The molecule has 2 aliphatic carbocycles. The maximum absolute atomic E-state index is 14.4. The predicted molar refractivity (Wildman–Crippen MR) is 177 cm³/mol. The Labute approximate surface area is 276 Å². The van der Waals surface area contributed by atoms with Crippen molar-refractivity contribution in [1.29, 1.82) is 0 Å². The fraction of sp³-hybridized carbons (Fsp3) is 0.788. The van der Waals surface area contributed by atoms with Gasteiger partial charge in [-0.1, -0.05) is 59.5 Å². The van der Waals surface area contributed by atoms with Gasteiger partial charge in [0.2, 0.25) is 17.6 Å². The van der Waals surface area contributed by atoms with Crippen molar-refractivity contribution in [1.82, 2.24) is 30.5 Å². The van der Waals surface area contributed by atoms with E-state index in [2.05, 4.69) is 27.8 Å².